The number of aliphatic hydroxyl groups is 3. The third-order valence-electron chi connectivity index (χ3n) is 5.77. The van der Waals surface area contributed by atoms with Crippen molar-refractivity contribution >= 4 is 0 Å². The molecule has 1 rings (SSSR count). The summed E-state index contributed by atoms with van der Waals surface area (Å²) in [5, 5.41) is 30.4. The van der Waals surface area contributed by atoms with Crippen LogP contribution in [0.25, 0.3) is 0 Å². The van der Waals surface area contributed by atoms with Crippen molar-refractivity contribution in [2.24, 2.45) is 5.92 Å². The fourth-order valence-electron chi connectivity index (χ4n) is 3.44. The molecule has 0 aromatic heterocycles. The van der Waals surface area contributed by atoms with E-state index in [0.29, 0.717) is 19.4 Å². The van der Waals surface area contributed by atoms with E-state index in [0.717, 1.165) is 31.3 Å². The third kappa shape index (κ3) is 6.66. The van der Waals surface area contributed by atoms with Crippen molar-refractivity contribution in [2.45, 2.75) is 83.5 Å². The van der Waals surface area contributed by atoms with E-state index in [4.69, 9.17) is 9.84 Å². The molecule has 0 amide bonds. The van der Waals surface area contributed by atoms with Gasteiger partial charge in [-0.3, -0.25) is 0 Å². The van der Waals surface area contributed by atoms with Gasteiger partial charge < -0.3 is 20.1 Å². The van der Waals surface area contributed by atoms with Gasteiger partial charge in [-0.2, -0.15) is 0 Å². The van der Waals surface area contributed by atoms with Gasteiger partial charge in [-0.1, -0.05) is 37.1 Å². The van der Waals surface area contributed by atoms with E-state index < -0.39 is 17.3 Å². The molecule has 2 unspecified atom stereocenters. The second kappa shape index (κ2) is 10.4. The predicted octanol–water partition coefficient (Wildman–Crippen LogP) is 3.91. The molecule has 4 atom stereocenters. The van der Waals surface area contributed by atoms with Crippen LogP contribution in [0, 0.1) is 5.92 Å². The largest absolute Gasteiger partial charge is 0.392 e. The Morgan fingerprint density at radius 3 is 2.73 bits per heavy atom. The van der Waals surface area contributed by atoms with Gasteiger partial charge in [0.1, 0.15) is 0 Å². The lowest BCUT2D eigenvalue weighted by atomic mass is 9.80. The highest BCUT2D eigenvalue weighted by Crippen LogP contribution is 2.34. The summed E-state index contributed by atoms with van der Waals surface area (Å²) in [5.41, 5.74) is 0.743. The molecule has 1 aliphatic heterocycles. The number of aliphatic hydroxyl groups excluding tert-OH is 2. The lowest BCUT2D eigenvalue weighted by molar-refractivity contribution is -0.105. The molecule has 26 heavy (non-hydrogen) atoms. The van der Waals surface area contributed by atoms with Crippen molar-refractivity contribution in [3.8, 4) is 0 Å². The molecule has 150 valence electrons. The molecule has 0 aromatic carbocycles. The van der Waals surface area contributed by atoms with Crippen LogP contribution in [0.4, 0.5) is 0 Å². The predicted molar refractivity (Wildman–Crippen MR) is 107 cm³/mol. The van der Waals surface area contributed by atoms with Crippen LogP contribution in [0.5, 0.6) is 0 Å². The Hall–Kier alpha value is -0.940. The average molecular weight is 367 g/mol. The van der Waals surface area contributed by atoms with E-state index >= 15 is 0 Å². The van der Waals surface area contributed by atoms with E-state index in [1.165, 1.54) is 5.57 Å². The SMILES string of the molecule is C=CC(O)(CC=C(C)C)C(C)CCC[C@]1(C)OC/C(=C/CO)CC[C@H]1O. The van der Waals surface area contributed by atoms with E-state index in [2.05, 4.69) is 13.5 Å². The Balaban J connectivity index is 2.62. The van der Waals surface area contributed by atoms with Gasteiger partial charge in [0.05, 0.1) is 30.5 Å². The van der Waals surface area contributed by atoms with Crippen LogP contribution in [0.2, 0.25) is 0 Å². The zero-order valence-electron chi connectivity index (χ0n) is 17.0. The van der Waals surface area contributed by atoms with E-state index in [-0.39, 0.29) is 12.5 Å². The first-order valence-corrected chi connectivity index (χ1v) is 9.77. The van der Waals surface area contributed by atoms with Gasteiger partial charge >= 0.3 is 0 Å². The lowest BCUT2D eigenvalue weighted by Gasteiger charge is -2.35. The summed E-state index contributed by atoms with van der Waals surface area (Å²) < 4.78 is 6.02. The molecule has 0 spiro atoms. The smallest absolute Gasteiger partial charge is 0.0916 e. The molecule has 0 radical (unpaired) electrons. The van der Waals surface area contributed by atoms with Crippen molar-refractivity contribution in [3.05, 3.63) is 36.0 Å². The molecular weight excluding hydrogens is 328 g/mol. The maximum absolute atomic E-state index is 10.9. The Morgan fingerprint density at radius 2 is 2.15 bits per heavy atom. The number of hydrogen-bond acceptors (Lipinski definition) is 4. The van der Waals surface area contributed by atoms with Gasteiger partial charge in [0.25, 0.3) is 0 Å². The molecule has 0 aliphatic carbocycles. The second-order valence-electron chi connectivity index (χ2n) is 8.17. The minimum Gasteiger partial charge on any atom is -0.392 e. The van der Waals surface area contributed by atoms with Crippen LogP contribution in [-0.4, -0.2) is 45.8 Å². The van der Waals surface area contributed by atoms with Crippen LogP contribution in [0.15, 0.2) is 36.0 Å². The zero-order valence-corrected chi connectivity index (χ0v) is 17.0. The van der Waals surface area contributed by atoms with Gasteiger partial charge in [0.15, 0.2) is 0 Å². The number of ether oxygens (including phenoxy) is 1. The lowest BCUT2D eigenvalue weighted by Crippen LogP contribution is -2.41. The highest BCUT2D eigenvalue weighted by atomic mass is 16.5. The summed E-state index contributed by atoms with van der Waals surface area (Å²) in [6, 6.07) is 0. The monoisotopic (exact) mass is 366 g/mol. The van der Waals surface area contributed by atoms with Crippen molar-refractivity contribution in [2.75, 3.05) is 13.2 Å². The van der Waals surface area contributed by atoms with Crippen LogP contribution in [0.1, 0.15) is 66.2 Å². The van der Waals surface area contributed by atoms with Gasteiger partial charge in [-0.25, -0.2) is 0 Å². The zero-order chi connectivity index (χ0) is 19.8. The molecular formula is C22H38O4. The van der Waals surface area contributed by atoms with Crippen LogP contribution < -0.4 is 0 Å². The Morgan fingerprint density at radius 1 is 1.46 bits per heavy atom. The topological polar surface area (TPSA) is 69.9 Å². The minimum atomic E-state index is -0.905. The first kappa shape index (κ1) is 23.1. The summed E-state index contributed by atoms with van der Waals surface area (Å²) >= 11 is 0. The quantitative estimate of drug-likeness (QED) is 0.541. The normalized spacial score (nSPS) is 28.9. The molecule has 1 fully saturated rings. The first-order chi connectivity index (χ1) is 12.2. The molecule has 4 heteroatoms. The number of allylic oxidation sites excluding steroid dienone is 1. The molecule has 0 saturated carbocycles. The average Bonchev–Trinajstić information content (AvgIpc) is 2.74. The molecule has 1 heterocycles. The van der Waals surface area contributed by atoms with Crippen LogP contribution in [0.3, 0.4) is 0 Å². The van der Waals surface area contributed by atoms with E-state index in [1.807, 2.05) is 26.8 Å². The maximum atomic E-state index is 10.9. The maximum Gasteiger partial charge on any atom is 0.0916 e. The first-order valence-electron chi connectivity index (χ1n) is 9.77. The minimum absolute atomic E-state index is 0.00876. The van der Waals surface area contributed by atoms with Crippen LogP contribution >= 0.6 is 0 Å². The fraction of sp³-hybridized carbons (Fsp3) is 0.727. The summed E-state index contributed by atoms with van der Waals surface area (Å²) in [6.45, 7) is 12.4. The van der Waals surface area contributed by atoms with Gasteiger partial charge in [-0.05, 0) is 64.4 Å². The standard InChI is InChI=1S/C22H38O4/c1-6-22(25,14-11-17(2)3)18(4)8-7-13-21(5)20(24)10-9-19(12-15-23)16-26-21/h6,11-12,18,20,23-25H,1,7-10,13-16H2,2-5H3/b19-12+/t18?,20-,21+,22?/m1/s1. The van der Waals surface area contributed by atoms with Crippen molar-refractivity contribution in [3.63, 3.8) is 0 Å². The number of rotatable bonds is 9. The van der Waals surface area contributed by atoms with E-state index in [1.54, 1.807) is 12.2 Å². The van der Waals surface area contributed by atoms with Gasteiger partial charge in [0, 0.05) is 0 Å². The highest BCUT2D eigenvalue weighted by molar-refractivity contribution is 5.08. The summed E-state index contributed by atoms with van der Waals surface area (Å²) in [7, 11) is 0. The van der Waals surface area contributed by atoms with Crippen LogP contribution in [-0.2, 0) is 4.74 Å². The Labute approximate surface area is 159 Å². The molecule has 0 aromatic rings. The molecule has 0 bridgehead atoms. The number of hydrogen-bond donors (Lipinski definition) is 3. The third-order valence-corrected chi connectivity index (χ3v) is 5.77. The van der Waals surface area contributed by atoms with Crippen molar-refractivity contribution in [1.82, 2.24) is 0 Å². The summed E-state index contributed by atoms with van der Waals surface area (Å²) in [4.78, 5) is 0. The second-order valence-corrected chi connectivity index (χ2v) is 8.17. The fourth-order valence-corrected chi connectivity index (χ4v) is 3.44. The highest BCUT2D eigenvalue weighted by Gasteiger charge is 2.36. The molecule has 1 saturated heterocycles. The Bertz CT molecular complexity index is 506. The van der Waals surface area contributed by atoms with Gasteiger partial charge in [0.2, 0.25) is 0 Å². The van der Waals surface area contributed by atoms with Crippen molar-refractivity contribution in [1.29, 1.82) is 0 Å². The summed E-state index contributed by atoms with van der Waals surface area (Å²) in [5.74, 6) is 0.0759. The molecule has 1 aliphatic rings. The van der Waals surface area contributed by atoms with E-state index in [9.17, 15) is 10.2 Å². The van der Waals surface area contributed by atoms with Crippen molar-refractivity contribution < 1.29 is 20.1 Å². The Kier molecular flexibility index (Phi) is 9.25. The van der Waals surface area contributed by atoms with Gasteiger partial charge in [-0.15, -0.1) is 6.58 Å². The molecule has 4 nitrogen and oxygen atoms in total. The summed E-state index contributed by atoms with van der Waals surface area (Å²) in [6.07, 6.45) is 9.37. The molecule has 3 N–H and O–H groups in total.